The Balaban J connectivity index is 1.87. The molecule has 7 nitrogen and oxygen atoms in total. The first-order valence-corrected chi connectivity index (χ1v) is 7.46. The van der Waals surface area contributed by atoms with Gasteiger partial charge < -0.3 is 10.6 Å². The number of rotatable bonds is 5. The normalized spacial score (nSPS) is 10.1. The molecule has 0 spiro atoms. The van der Waals surface area contributed by atoms with E-state index in [1.807, 2.05) is 39.0 Å². The number of benzene rings is 1. The Labute approximate surface area is 140 Å². The van der Waals surface area contributed by atoms with Gasteiger partial charge in [-0.05, 0) is 31.9 Å². The highest BCUT2D eigenvalue weighted by Gasteiger charge is 2.10. The first-order valence-electron chi connectivity index (χ1n) is 7.46. The molecule has 2 N–H and O–H groups in total. The Morgan fingerprint density at radius 1 is 1.21 bits per heavy atom. The van der Waals surface area contributed by atoms with Crippen molar-refractivity contribution in [2.45, 2.75) is 27.3 Å². The molecule has 0 fully saturated rings. The molecule has 1 aromatic heterocycles. The summed E-state index contributed by atoms with van der Waals surface area (Å²) in [6.07, 6.45) is 2.85. The van der Waals surface area contributed by atoms with Crippen molar-refractivity contribution in [1.29, 1.82) is 5.26 Å². The largest absolute Gasteiger partial charge is 0.345 e. The highest BCUT2D eigenvalue weighted by Crippen LogP contribution is 2.21. The van der Waals surface area contributed by atoms with Crippen molar-refractivity contribution in [1.82, 2.24) is 15.1 Å². The molecule has 0 aliphatic heterocycles. The fourth-order valence-electron chi connectivity index (χ4n) is 2.45. The van der Waals surface area contributed by atoms with Gasteiger partial charge in [0.2, 0.25) is 11.8 Å². The topological polar surface area (TPSA) is 99.8 Å². The van der Waals surface area contributed by atoms with Crippen LogP contribution in [0.4, 0.5) is 5.69 Å². The van der Waals surface area contributed by atoms with E-state index in [1.165, 1.54) is 17.1 Å². The minimum Gasteiger partial charge on any atom is -0.345 e. The zero-order valence-electron chi connectivity index (χ0n) is 13.9. The Morgan fingerprint density at radius 2 is 1.88 bits per heavy atom. The van der Waals surface area contributed by atoms with E-state index in [0.717, 1.165) is 22.4 Å². The summed E-state index contributed by atoms with van der Waals surface area (Å²) < 4.78 is 1.35. The van der Waals surface area contributed by atoms with Gasteiger partial charge in [-0.2, -0.15) is 10.4 Å². The Morgan fingerprint density at radius 3 is 2.46 bits per heavy atom. The third-order valence-electron chi connectivity index (χ3n) is 3.46. The van der Waals surface area contributed by atoms with Crippen LogP contribution >= 0.6 is 0 Å². The maximum atomic E-state index is 12.0. The molecule has 2 aromatic rings. The summed E-state index contributed by atoms with van der Waals surface area (Å²) >= 11 is 0. The van der Waals surface area contributed by atoms with Gasteiger partial charge in [0.25, 0.3) is 0 Å². The number of aromatic nitrogens is 2. The van der Waals surface area contributed by atoms with Crippen LogP contribution in [0.3, 0.4) is 0 Å². The summed E-state index contributed by atoms with van der Waals surface area (Å²) in [4.78, 5) is 23.8. The summed E-state index contributed by atoms with van der Waals surface area (Å²) in [5, 5.41) is 17.9. The van der Waals surface area contributed by atoms with Crippen LogP contribution in [0.5, 0.6) is 0 Å². The number of nitrogens with zero attached hydrogens (tertiary/aromatic N) is 3. The van der Waals surface area contributed by atoms with Gasteiger partial charge in [-0.15, -0.1) is 0 Å². The van der Waals surface area contributed by atoms with Crippen LogP contribution in [-0.4, -0.2) is 28.1 Å². The van der Waals surface area contributed by atoms with E-state index >= 15 is 0 Å². The smallest absolute Gasteiger partial charge is 0.243 e. The van der Waals surface area contributed by atoms with Gasteiger partial charge in [0, 0.05) is 11.9 Å². The molecule has 1 aromatic carbocycles. The van der Waals surface area contributed by atoms with E-state index in [9.17, 15) is 9.59 Å². The van der Waals surface area contributed by atoms with Crippen molar-refractivity contribution < 1.29 is 9.59 Å². The molecular formula is C17H19N5O2. The van der Waals surface area contributed by atoms with Crippen LogP contribution in [0.2, 0.25) is 0 Å². The summed E-state index contributed by atoms with van der Waals surface area (Å²) in [5.41, 5.74) is 4.24. The van der Waals surface area contributed by atoms with E-state index in [2.05, 4.69) is 15.7 Å². The number of nitriles is 1. The molecule has 2 rings (SSSR count). The summed E-state index contributed by atoms with van der Waals surface area (Å²) in [5.74, 6) is -0.647. The van der Waals surface area contributed by atoms with Crippen molar-refractivity contribution >= 4 is 17.5 Å². The van der Waals surface area contributed by atoms with Gasteiger partial charge in [-0.1, -0.05) is 17.7 Å². The SMILES string of the molecule is Cc1cc(C)c(NC(=O)CNC(=O)Cn2cc(C#N)cn2)c(C)c1. The lowest BCUT2D eigenvalue weighted by atomic mass is 10.1. The maximum absolute atomic E-state index is 12.0. The number of nitrogens with one attached hydrogen (secondary N) is 2. The predicted molar refractivity (Wildman–Crippen MR) is 89.2 cm³/mol. The zero-order chi connectivity index (χ0) is 17.7. The highest BCUT2D eigenvalue weighted by molar-refractivity contribution is 5.95. The molecule has 0 bridgehead atoms. The lowest BCUT2D eigenvalue weighted by molar-refractivity contribution is -0.124. The Kier molecular flexibility index (Phi) is 5.32. The van der Waals surface area contributed by atoms with Crippen LogP contribution in [0.15, 0.2) is 24.5 Å². The van der Waals surface area contributed by atoms with E-state index in [-0.39, 0.29) is 24.9 Å². The van der Waals surface area contributed by atoms with Crippen molar-refractivity contribution in [3.05, 3.63) is 46.8 Å². The van der Waals surface area contributed by atoms with E-state index in [4.69, 9.17) is 5.26 Å². The van der Waals surface area contributed by atoms with Gasteiger partial charge >= 0.3 is 0 Å². The number of aryl methyl sites for hydroxylation is 3. The van der Waals surface area contributed by atoms with Crippen molar-refractivity contribution in [2.24, 2.45) is 0 Å². The summed E-state index contributed by atoms with van der Waals surface area (Å²) in [6.45, 7) is 5.69. The molecule has 0 unspecified atom stereocenters. The average Bonchev–Trinajstić information content (AvgIpc) is 2.96. The number of anilines is 1. The number of hydrogen-bond acceptors (Lipinski definition) is 4. The molecule has 2 amide bonds. The molecule has 0 atom stereocenters. The van der Waals surface area contributed by atoms with Gasteiger partial charge in [-0.25, -0.2) is 0 Å². The van der Waals surface area contributed by atoms with Crippen LogP contribution in [0.1, 0.15) is 22.3 Å². The molecule has 0 aliphatic rings. The zero-order valence-corrected chi connectivity index (χ0v) is 13.9. The first-order chi connectivity index (χ1) is 11.4. The van der Waals surface area contributed by atoms with E-state index in [0.29, 0.717) is 5.56 Å². The second-order valence-corrected chi connectivity index (χ2v) is 5.64. The summed E-state index contributed by atoms with van der Waals surface area (Å²) in [7, 11) is 0. The number of carbonyl (C=O) groups is 2. The molecule has 0 aliphatic carbocycles. The molecular weight excluding hydrogens is 306 g/mol. The molecule has 1 heterocycles. The number of hydrogen-bond donors (Lipinski definition) is 2. The fraction of sp³-hybridized carbons (Fsp3) is 0.294. The molecule has 124 valence electrons. The monoisotopic (exact) mass is 325 g/mol. The molecule has 0 saturated heterocycles. The maximum Gasteiger partial charge on any atom is 0.243 e. The number of carbonyl (C=O) groups excluding carboxylic acids is 2. The van der Waals surface area contributed by atoms with Gasteiger partial charge in [0.15, 0.2) is 0 Å². The second-order valence-electron chi connectivity index (χ2n) is 5.64. The summed E-state index contributed by atoms with van der Waals surface area (Å²) in [6, 6.07) is 5.92. The molecule has 0 radical (unpaired) electrons. The fourth-order valence-corrected chi connectivity index (χ4v) is 2.45. The standard InChI is InChI=1S/C17H19N5O2/c1-11-4-12(2)17(13(3)5-11)21-15(23)8-19-16(24)10-22-9-14(6-18)7-20-22/h4-5,7,9H,8,10H2,1-3H3,(H,19,24)(H,21,23). The van der Waals surface area contributed by atoms with Crippen molar-refractivity contribution in [3.8, 4) is 6.07 Å². The first kappa shape index (κ1) is 17.2. The Hall–Kier alpha value is -3.14. The quantitative estimate of drug-likeness (QED) is 0.868. The van der Waals surface area contributed by atoms with Crippen molar-refractivity contribution in [3.63, 3.8) is 0 Å². The van der Waals surface area contributed by atoms with E-state index < -0.39 is 0 Å². The van der Waals surface area contributed by atoms with Gasteiger partial charge in [-0.3, -0.25) is 14.3 Å². The van der Waals surface area contributed by atoms with E-state index in [1.54, 1.807) is 0 Å². The minimum atomic E-state index is -0.352. The lowest BCUT2D eigenvalue weighted by Gasteiger charge is -2.13. The molecule has 0 saturated carbocycles. The van der Waals surface area contributed by atoms with Crippen molar-refractivity contribution in [2.75, 3.05) is 11.9 Å². The predicted octanol–water partition coefficient (Wildman–Crippen LogP) is 1.43. The third kappa shape index (κ3) is 4.43. The molecule has 24 heavy (non-hydrogen) atoms. The van der Waals surface area contributed by atoms with Gasteiger partial charge in [0.05, 0.1) is 18.3 Å². The van der Waals surface area contributed by atoms with Gasteiger partial charge in [0.1, 0.15) is 12.6 Å². The second kappa shape index (κ2) is 7.42. The number of amides is 2. The minimum absolute atomic E-state index is 0.0441. The Bertz CT molecular complexity index is 794. The highest BCUT2D eigenvalue weighted by atomic mass is 16.2. The average molecular weight is 325 g/mol. The van der Waals surface area contributed by atoms with Crippen LogP contribution < -0.4 is 10.6 Å². The van der Waals surface area contributed by atoms with Crippen LogP contribution in [-0.2, 0) is 16.1 Å². The third-order valence-corrected chi connectivity index (χ3v) is 3.46. The van der Waals surface area contributed by atoms with Crippen LogP contribution in [0, 0.1) is 32.1 Å². The lowest BCUT2D eigenvalue weighted by Crippen LogP contribution is -2.35. The molecule has 7 heteroatoms. The van der Waals surface area contributed by atoms with Crippen LogP contribution in [0.25, 0.3) is 0 Å².